The van der Waals surface area contributed by atoms with E-state index in [1.54, 1.807) is 0 Å². The van der Waals surface area contributed by atoms with E-state index in [0.29, 0.717) is 6.08 Å². The fourth-order valence-corrected chi connectivity index (χ4v) is 3.63. The molecule has 1 fully saturated rings. The molecule has 1 saturated heterocycles. The Balaban J connectivity index is 2.13. The summed E-state index contributed by atoms with van der Waals surface area (Å²) in [5.74, 6) is -5.19. The highest BCUT2D eigenvalue weighted by atomic mass is 35.5. The van der Waals surface area contributed by atoms with Crippen molar-refractivity contribution < 1.29 is 28.0 Å². The number of benzene rings is 1. The normalized spacial score (nSPS) is 24.1. The molecule has 10 heteroatoms. The number of hydrogen-bond donors (Lipinski definition) is 0. The predicted molar refractivity (Wildman–Crippen MR) is 86.7 cm³/mol. The summed E-state index contributed by atoms with van der Waals surface area (Å²) in [6.45, 7) is 0. The Kier molecular flexibility index (Phi) is 4.43. The van der Waals surface area contributed by atoms with Crippen LogP contribution in [-0.4, -0.2) is 46.8 Å². The molecule has 0 aromatic heterocycles. The molecule has 0 aliphatic carbocycles. The van der Waals surface area contributed by atoms with Crippen molar-refractivity contribution in [1.82, 2.24) is 4.90 Å². The average Bonchev–Trinajstić information content (AvgIpc) is 3.03. The first-order valence-corrected chi connectivity index (χ1v) is 8.00. The van der Waals surface area contributed by atoms with Crippen LogP contribution < -0.4 is 0 Å². The van der Waals surface area contributed by atoms with Crippen molar-refractivity contribution in [3.8, 4) is 0 Å². The van der Waals surface area contributed by atoms with Gasteiger partial charge in [0.15, 0.2) is 0 Å². The Morgan fingerprint density at radius 1 is 1.42 bits per heavy atom. The number of carbonyl (C=O) groups excluding carboxylic acids is 2. The van der Waals surface area contributed by atoms with E-state index in [-0.39, 0.29) is 17.9 Å². The van der Waals surface area contributed by atoms with E-state index in [0.717, 1.165) is 24.1 Å². The van der Waals surface area contributed by atoms with Crippen LogP contribution in [0.2, 0.25) is 5.02 Å². The molecule has 2 aliphatic heterocycles. The molecule has 0 saturated carbocycles. The number of esters is 1. The highest BCUT2D eigenvalue weighted by molar-refractivity contribution is 6.30. The average molecular weight is 387 g/mol. The van der Waals surface area contributed by atoms with Crippen LogP contribution in [0.3, 0.4) is 0 Å². The molecule has 0 spiro atoms. The number of ether oxygens (including phenoxy) is 1. The maximum Gasteiger partial charge on any atom is 0.328 e. The van der Waals surface area contributed by atoms with Gasteiger partial charge in [-0.15, -0.1) is 0 Å². The first-order valence-electron chi connectivity index (χ1n) is 7.63. The lowest BCUT2D eigenvalue weighted by atomic mass is 9.89. The van der Waals surface area contributed by atoms with Gasteiger partial charge in [0.05, 0.1) is 17.6 Å². The van der Waals surface area contributed by atoms with Gasteiger partial charge >= 0.3 is 5.97 Å². The summed E-state index contributed by atoms with van der Waals surface area (Å²) >= 11 is 5.81. The van der Waals surface area contributed by atoms with Gasteiger partial charge in [0.25, 0.3) is 11.6 Å². The van der Waals surface area contributed by atoms with E-state index >= 15 is 8.78 Å². The van der Waals surface area contributed by atoms with Crippen molar-refractivity contribution >= 4 is 34.7 Å². The molecular weight excluding hydrogens is 374 g/mol. The van der Waals surface area contributed by atoms with Crippen LogP contribution in [-0.2, 0) is 14.3 Å². The zero-order valence-electron chi connectivity index (χ0n) is 13.4. The molecule has 0 N–H and O–H groups in total. The van der Waals surface area contributed by atoms with Crippen LogP contribution in [0.15, 0.2) is 24.3 Å². The van der Waals surface area contributed by atoms with Crippen molar-refractivity contribution in [2.45, 2.75) is 30.8 Å². The van der Waals surface area contributed by atoms with Gasteiger partial charge in [-0.2, -0.15) is 8.78 Å². The second kappa shape index (κ2) is 6.31. The molecule has 26 heavy (non-hydrogen) atoms. The summed E-state index contributed by atoms with van der Waals surface area (Å²) in [7, 11) is 1.11. The molecule has 7 nitrogen and oxygen atoms in total. The third-order valence-electron chi connectivity index (χ3n) is 4.60. The number of amides is 1. The highest BCUT2D eigenvalue weighted by Gasteiger charge is 2.58. The Hall–Kier alpha value is -2.55. The molecule has 3 rings (SSSR count). The van der Waals surface area contributed by atoms with E-state index in [2.05, 4.69) is 4.74 Å². The Bertz CT molecular complexity index is 842. The van der Waals surface area contributed by atoms with Gasteiger partial charge in [0, 0.05) is 22.7 Å². The monoisotopic (exact) mass is 386 g/mol. The first kappa shape index (κ1) is 18.2. The smallest absolute Gasteiger partial charge is 0.328 e. The summed E-state index contributed by atoms with van der Waals surface area (Å²) in [5, 5.41) is 11.2. The summed E-state index contributed by atoms with van der Waals surface area (Å²) in [6.07, 6.45) is 0.526. The minimum Gasteiger partial charge on any atom is -0.467 e. The van der Waals surface area contributed by atoms with Gasteiger partial charge in [-0.05, 0) is 25.0 Å². The minimum absolute atomic E-state index is 0.0241. The zero-order valence-corrected chi connectivity index (χ0v) is 14.2. The van der Waals surface area contributed by atoms with Crippen molar-refractivity contribution in [3.63, 3.8) is 0 Å². The van der Waals surface area contributed by atoms with E-state index in [4.69, 9.17) is 11.6 Å². The van der Waals surface area contributed by atoms with Crippen LogP contribution in [0.5, 0.6) is 0 Å². The molecular formula is C16H13ClF2N2O5. The topological polar surface area (TPSA) is 89.8 Å². The Labute approximate surface area is 151 Å². The highest BCUT2D eigenvalue weighted by Crippen LogP contribution is 2.48. The van der Waals surface area contributed by atoms with Gasteiger partial charge in [-0.25, -0.2) is 4.79 Å². The largest absolute Gasteiger partial charge is 0.467 e. The molecule has 1 amide bonds. The minimum atomic E-state index is -3.59. The lowest BCUT2D eigenvalue weighted by molar-refractivity contribution is -0.385. The first-order chi connectivity index (χ1) is 12.2. The number of hydrogen-bond acceptors (Lipinski definition) is 5. The standard InChI is InChI=1S/C16H13ClF2N2O5/c1-26-15(23)12-4-5-13-16(18,19)10(7-14(22)20(12)13)9-6-8(17)2-3-11(9)21(24)25/h2-3,6-7,12-13H,4-5H2,1H3/t12-,13?/m0/s1. The Morgan fingerprint density at radius 3 is 2.73 bits per heavy atom. The molecule has 2 aliphatic rings. The maximum absolute atomic E-state index is 15.1. The number of alkyl halides is 2. The summed E-state index contributed by atoms with van der Waals surface area (Å²) in [4.78, 5) is 35.4. The van der Waals surface area contributed by atoms with Gasteiger partial charge < -0.3 is 9.64 Å². The lowest BCUT2D eigenvalue weighted by Crippen LogP contribution is -2.54. The summed E-state index contributed by atoms with van der Waals surface area (Å²) < 4.78 is 34.8. The van der Waals surface area contributed by atoms with Crippen molar-refractivity contribution in [3.05, 3.63) is 45.0 Å². The SMILES string of the molecule is COC(=O)[C@@H]1CCC2N1C(=O)C=C(c1cc(Cl)ccc1[N+](=O)[O-])C2(F)F. The Morgan fingerprint density at radius 2 is 2.12 bits per heavy atom. The molecule has 2 heterocycles. The second-order valence-corrected chi connectivity index (χ2v) is 6.41. The van der Waals surface area contributed by atoms with Gasteiger partial charge in [0.2, 0.25) is 5.91 Å². The van der Waals surface area contributed by atoms with Crippen LogP contribution in [0, 0.1) is 10.1 Å². The van der Waals surface area contributed by atoms with Gasteiger partial charge in [-0.3, -0.25) is 14.9 Å². The summed E-state index contributed by atoms with van der Waals surface area (Å²) in [5.41, 5.74) is -1.77. The number of rotatable bonds is 3. The van der Waals surface area contributed by atoms with E-state index in [1.807, 2.05) is 0 Å². The number of nitrogens with zero attached hydrogens (tertiary/aromatic N) is 2. The number of carbonyl (C=O) groups is 2. The van der Waals surface area contributed by atoms with Crippen molar-refractivity contribution in [1.29, 1.82) is 0 Å². The molecule has 1 aromatic carbocycles. The molecule has 1 aromatic rings. The van der Waals surface area contributed by atoms with E-state index in [1.165, 1.54) is 6.07 Å². The predicted octanol–water partition coefficient (Wildman–Crippen LogP) is 2.81. The molecule has 138 valence electrons. The van der Waals surface area contributed by atoms with Crippen LogP contribution in [0.25, 0.3) is 5.57 Å². The number of nitro benzene ring substituents is 1. The number of fused-ring (bicyclic) bond motifs is 1. The second-order valence-electron chi connectivity index (χ2n) is 5.98. The third kappa shape index (κ3) is 2.72. The van der Waals surface area contributed by atoms with Crippen molar-refractivity contribution in [2.75, 3.05) is 7.11 Å². The fourth-order valence-electron chi connectivity index (χ4n) is 3.46. The molecule has 0 radical (unpaired) electrons. The molecule has 2 atom stereocenters. The summed E-state index contributed by atoms with van der Waals surface area (Å²) in [6, 6.07) is 0.571. The maximum atomic E-state index is 15.1. The van der Waals surface area contributed by atoms with Crippen molar-refractivity contribution in [2.24, 2.45) is 0 Å². The zero-order chi connectivity index (χ0) is 19.2. The number of halogens is 3. The van der Waals surface area contributed by atoms with Crippen LogP contribution in [0.4, 0.5) is 14.5 Å². The molecule has 1 unspecified atom stereocenters. The van der Waals surface area contributed by atoms with Gasteiger partial charge in [0.1, 0.15) is 12.1 Å². The number of nitro groups is 1. The lowest BCUT2D eigenvalue weighted by Gasteiger charge is -2.38. The van der Waals surface area contributed by atoms with Crippen LogP contribution in [0.1, 0.15) is 18.4 Å². The molecule has 0 bridgehead atoms. The number of methoxy groups -OCH3 is 1. The third-order valence-corrected chi connectivity index (χ3v) is 4.84. The van der Waals surface area contributed by atoms with Crippen LogP contribution >= 0.6 is 11.6 Å². The van der Waals surface area contributed by atoms with E-state index in [9.17, 15) is 19.7 Å². The quantitative estimate of drug-likeness (QED) is 0.452. The fraction of sp³-hybridized carbons (Fsp3) is 0.375. The van der Waals surface area contributed by atoms with Gasteiger partial charge in [-0.1, -0.05) is 11.6 Å². The van der Waals surface area contributed by atoms with E-state index < -0.39 is 51.6 Å².